The monoisotopic (exact) mass is 1680 g/mol. The quantitative estimate of drug-likeness (QED) is 0.0180. The highest BCUT2D eigenvalue weighted by Crippen LogP contribution is 2.45. The lowest BCUT2D eigenvalue weighted by Crippen LogP contribution is -2.32. The van der Waals surface area contributed by atoms with Crippen LogP contribution in [0.15, 0.2) is 29.5 Å². The van der Waals surface area contributed by atoms with Crippen molar-refractivity contribution < 1.29 is 59.8 Å². The second-order valence-corrected chi connectivity index (χ2v) is 49.6. The number of hydrogen-bond donors (Lipinski definition) is 13. The number of aromatic amines is 5. The number of aryl methyl sites for hydroxylation is 4. The summed E-state index contributed by atoms with van der Waals surface area (Å²) >= 11 is 10.0. The van der Waals surface area contributed by atoms with E-state index in [9.17, 15) is 60.0 Å². The van der Waals surface area contributed by atoms with E-state index in [1.165, 1.54) is 28.1 Å². The Labute approximate surface area is 621 Å². The lowest BCUT2D eigenvalue weighted by molar-refractivity contribution is -0.0400. The van der Waals surface area contributed by atoms with Gasteiger partial charge in [-0.15, -0.1) is 52.7 Å². The fourth-order valence-corrected chi connectivity index (χ4v) is 18.4. The van der Waals surface area contributed by atoms with E-state index in [-0.39, 0.29) is 49.1 Å². The van der Waals surface area contributed by atoms with Gasteiger partial charge in [-0.05, 0) is 156 Å². The molecule has 8 aromatic heterocycles. The van der Waals surface area contributed by atoms with E-state index >= 15 is 0 Å². The molecule has 13 N–H and O–H groups in total. The lowest BCUT2D eigenvalue weighted by Gasteiger charge is -2.19. The first-order valence-corrected chi connectivity index (χ1v) is 49.1. The molecule has 16 atom stereocenters. The van der Waals surface area contributed by atoms with Gasteiger partial charge in [-0.25, -0.2) is 34.9 Å². The van der Waals surface area contributed by atoms with Gasteiger partial charge in [-0.3, -0.25) is 37.4 Å². The molecule has 0 unspecified atom stereocenters. The molecule has 0 bridgehead atoms. The van der Waals surface area contributed by atoms with Gasteiger partial charge in [0.15, 0.2) is 88.5 Å². The van der Waals surface area contributed by atoms with E-state index < -0.39 is 126 Å². The van der Waals surface area contributed by atoms with E-state index in [4.69, 9.17) is 31.2 Å². The molecular weight excluding hydrogens is 1580 g/mol. The molecule has 0 saturated carbocycles. The van der Waals surface area contributed by atoms with Crippen molar-refractivity contribution in [1.29, 1.82) is 0 Å². The van der Waals surface area contributed by atoms with Crippen molar-refractivity contribution >= 4 is 156 Å². The molecule has 0 spiro atoms. The van der Waals surface area contributed by atoms with Crippen LogP contribution in [0.4, 0.5) is 0 Å². The van der Waals surface area contributed by atoms with Gasteiger partial charge < -0.3 is 84.7 Å². The number of ether oxygens (including phenoxy) is 4. The van der Waals surface area contributed by atoms with Gasteiger partial charge in [0.2, 0.25) is 0 Å². The molecule has 8 aromatic rings. The second-order valence-electron chi connectivity index (χ2n) is 29.0. The van der Waals surface area contributed by atoms with Gasteiger partial charge in [-0.1, -0.05) is 30.4 Å². The summed E-state index contributed by atoms with van der Waals surface area (Å²) in [4.78, 5) is 92.2. The van der Waals surface area contributed by atoms with Gasteiger partial charge in [0, 0.05) is 22.6 Å². The van der Waals surface area contributed by atoms with Crippen molar-refractivity contribution in [2.24, 2.45) is 0 Å². The van der Waals surface area contributed by atoms with Crippen molar-refractivity contribution in [3.8, 4) is 0 Å². The van der Waals surface area contributed by atoms with Crippen molar-refractivity contribution in [1.82, 2.24) is 78.1 Å². The summed E-state index contributed by atoms with van der Waals surface area (Å²) in [6.07, 6.45) is 10.3. The Balaban J connectivity index is 0.000000160. The van der Waals surface area contributed by atoms with E-state index in [1.807, 2.05) is 35.8 Å². The summed E-state index contributed by atoms with van der Waals surface area (Å²) in [5.74, 6) is 2.51. The normalized spacial score (nSPS) is 26.8. The van der Waals surface area contributed by atoms with E-state index in [2.05, 4.69) is 138 Å². The molecule has 0 aromatic carbocycles. The summed E-state index contributed by atoms with van der Waals surface area (Å²) in [7, 11) is 0. The highest BCUT2D eigenvalue weighted by atomic mass is 127. The molecule has 12 rings (SSSR count). The number of nitrogens with one attached hydrogen (secondary N) is 5. The number of H-pyrrole nitrogens is 5. The largest absolute Gasteiger partial charge is 0.388 e. The fraction of sp³-hybridized carbons (Fsp3) is 0.619. The summed E-state index contributed by atoms with van der Waals surface area (Å²) in [6, 6.07) is 0. The van der Waals surface area contributed by atoms with E-state index in [0.29, 0.717) is 85.7 Å². The number of imidazole rings is 4. The van der Waals surface area contributed by atoms with Crippen LogP contribution in [0.25, 0.3) is 44.7 Å². The molecule has 570 valence electrons. The average molecular weight is 1680 g/mol. The van der Waals surface area contributed by atoms with Crippen LogP contribution in [-0.2, 0) is 18.9 Å². The summed E-state index contributed by atoms with van der Waals surface area (Å²) < 4.78 is 30.9. The summed E-state index contributed by atoms with van der Waals surface area (Å²) in [5, 5.41) is 85.0. The first-order valence-electron chi connectivity index (χ1n) is 33.2. The minimum absolute atomic E-state index is 0.188. The van der Waals surface area contributed by atoms with Crippen LogP contribution < -0.4 is 22.2 Å². The van der Waals surface area contributed by atoms with Gasteiger partial charge in [0.05, 0.1) is 24.4 Å². The standard InChI is InChI=1S/C17H27N4O4PS.C16H25N4O4PS.C15H22IN4O4P.C15H23N4O4PS/c1-6-27-17-20-11-14(18-9(2)19-15(11)24)21(17)16-13(23)12(22)10(25-16)7-8-26(3,4)5;1-8-17-13-10(14(23)18-8)19-16(26-5)20(13)15-12(22)11(21)9(24-15)6-7-25(2,3)4;1-7-17-12-9(13(23)18-7)19-15(16)20(12)14-11(22)10(21)8(24-14)5-6-25(2,3)4;1-7-16-12-9(13(22)17-7)18-15(25)19(12)14-11(21)10(20)8(23-14)5-6-24(2,3)4/h10,12-13,16,22-23H,3,6-8H2,1-2,4-5H3,(H,18,19,24);9,11-12,15,21-22H,2,6-7H2,1,3-5H3,(H,17,18,23);8,10-11,14,21-22H,2,5-6H2,1,3-4H3,(H,17,18,23);8,10-11,14,20-21H,2,5-6H2,1,3-4H3,(H,18,25)(H,16,17,22)/t10-,12-,13-,16-;9-,11-,12-,15-;2*8-,10-,11-,14-/m1111/s1. The van der Waals surface area contributed by atoms with Gasteiger partial charge in [0.25, 0.3) is 22.2 Å². The minimum atomic E-state index is -1.27. The Morgan fingerprint density at radius 1 is 0.437 bits per heavy atom. The number of aromatic nitrogens is 16. The zero-order valence-electron chi connectivity index (χ0n) is 60.1. The number of aliphatic hydroxyl groups is 8. The first-order chi connectivity index (χ1) is 47.9. The predicted octanol–water partition coefficient (Wildman–Crippen LogP) is 3.69. The van der Waals surface area contributed by atoms with Gasteiger partial charge >= 0.3 is 0 Å². The molecule has 4 aliphatic heterocycles. The maximum atomic E-state index is 12.3. The van der Waals surface area contributed by atoms with E-state index in [0.717, 1.165) is 30.4 Å². The molecule has 32 nitrogen and oxygen atoms in total. The highest BCUT2D eigenvalue weighted by Gasteiger charge is 2.49. The van der Waals surface area contributed by atoms with Crippen LogP contribution in [-0.4, -0.2) is 307 Å². The number of thioether (sulfide) groups is 2. The number of fused-ring (bicyclic) bond motifs is 4. The second kappa shape index (κ2) is 32.9. The minimum Gasteiger partial charge on any atom is -0.388 e. The number of nitrogens with zero attached hydrogens (tertiary/aromatic N) is 11. The molecule has 0 radical (unpaired) electrons. The van der Waals surface area contributed by atoms with Gasteiger partial charge in [0.1, 0.15) is 72.1 Å². The Hall–Kier alpha value is -4.23. The third-order valence-electron chi connectivity index (χ3n) is 17.5. The molecule has 4 fully saturated rings. The molecule has 4 aliphatic rings. The molecule has 103 heavy (non-hydrogen) atoms. The number of aliphatic hydroxyl groups excluding tert-OH is 8. The van der Waals surface area contributed by atoms with Crippen molar-refractivity contribution in [2.75, 3.05) is 90.0 Å². The summed E-state index contributed by atoms with van der Waals surface area (Å²) in [5.41, 5.74) is 0.786. The zero-order valence-corrected chi connectivity index (χ0v) is 68.3. The highest BCUT2D eigenvalue weighted by molar-refractivity contribution is 14.1. The Bertz CT molecular complexity index is 4940. The van der Waals surface area contributed by atoms with Crippen LogP contribution in [0, 0.1) is 36.3 Å². The van der Waals surface area contributed by atoms with Crippen LogP contribution >= 0.6 is 85.9 Å². The first kappa shape index (κ1) is 82.8. The third kappa shape index (κ3) is 19.1. The zero-order chi connectivity index (χ0) is 76.2. The third-order valence-corrected chi connectivity index (χ3v) is 25.9. The molecule has 12 heterocycles. The van der Waals surface area contributed by atoms with Crippen LogP contribution in [0.2, 0.25) is 0 Å². The predicted molar refractivity (Wildman–Crippen MR) is 425 cm³/mol. The van der Waals surface area contributed by atoms with Crippen LogP contribution in [0.5, 0.6) is 0 Å². The smallest absolute Gasteiger partial charge is 0.279 e. The molecule has 4 saturated heterocycles. The lowest BCUT2D eigenvalue weighted by atomic mass is 10.1. The van der Waals surface area contributed by atoms with Crippen molar-refractivity contribution in [3.05, 3.63) is 73.3 Å². The summed E-state index contributed by atoms with van der Waals surface area (Å²) in [6.45, 7) is 20.6. The van der Waals surface area contributed by atoms with Crippen LogP contribution in [0.1, 0.15) is 80.8 Å². The SMILES string of the molecule is C=P(C)(C)CC[C@H]1O[C@@H](n2c(=S)[nH]c3c(=O)[nH]c(C)nc32)[C@H](O)[C@@H]1O.C=P(C)(C)CC[C@H]1O[C@@H](n2c(I)nc3c(=O)[nH]c(C)nc32)[C@H](O)[C@@H]1O.C=P(C)(C)CC[C@H]1O[C@@H](n2c(SC)nc3c(=O)[nH]c(C)nc32)[C@H](O)[C@@H]1O.C=P(C)(C)CC[C@H]1O[C@@H](n2c(SCC)nc3c(=O)[nH]c(C)nc32)[C@H](O)[C@@H]1O. The Morgan fingerprint density at radius 2 is 0.728 bits per heavy atom. The maximum absolute atomic E-state index is 12.3. The molecule has 0 amide bonds. The molecule has 0 aliphatic carbocycles. The van der Waals surface area contributed by atoms with Gasteiger partial charge in [-0.2, -0.15) is 0 Å². The molecule has 40 heteroatoms. The number of rotatable bonds is 19. The average Bonchev–Trinajstić information content (AvgIpc) is 1.63. The Kier molecular flexibility index (Phi) is 26.5. The van der Waals surface area contributed by atoms with Crippen molar-refractivity contribution in [2.45, 2.75) is 169 Å². The molecular formula is C63H97IN16O16P4S3. The van der Waals surface area contributed by atoms with E-state index in [1.54, 1.807) is 41.4 Å². The van der Waals surface area contributed by atoms with Crippen LogP contribution in [0.3, 0.4) is 0 Å². The number of hydrogen-bond acceptors (Lipinski definition) is 26. The maximum Gasteiger partial charge on any atom is 0.279 e. The Morgan fingerprint density at radius 3 is 1.07 bits per heavy atom. The number of halogens is 1. The topological polar surface area (TPSA) is 456 Å². The van der Waals surface area contributed by atoms with Crippen molar-refractivity contribution in [3.63, 3.8) is 0 Å². The fourth-order valence-electron chi connectivity index (χ4n) is 12.3.